The lowest BCUT2D eigenvalue weighted by molar-refractivity contribution is -0.113. The summed E-state index contributed by atoms with van der Waals surface area (Å²) in [6.07, 6.45) is 3.78. The van der Waals surface area contributed by atoms with Crippen molar-refractivity contribution in [3.8, 4) is 0 Å². The van der Waals surface area contributed by atoms with Gasteiger partial charge in [0.1, 0.15) is 5.70 Å². The Morgan fingerprint density at radius 1 is 1.33 bits per heavy atom. The van der Waals surface area contributed by atoms with Gasteiger partial charge in [-0.05, 0) is 12.1 Å². The van der Waals surface area contributed by atoms with Gasteiger partial charge in [-0.25, -0.2) is 4.99 Å². The van der Waals surface area contributed by atoms with E-state index >= 15 is 0 Å². The number of hydrogen-bond donors (Lipinski definition) is 1. The summed E-state index contributed by atoms with van der Waals surface area (Å²) in [5.74, 6) is -0.174. The van der Waals surface area contributed by atoms with Gasteiger partial charge in [-0.3, -0.25) is 9.80 Å². The van der Waals surface area contributed by atoms with E-state index in [1.807, 2.05) is 36.5 Å². The molecule has 4 heteroatoms. The summed E-state index contributed by atoms with van der Waals surface area (Å²) in [6.45, 7) is 0.699. The third kappa shape index (κ3) is 1.15. The van der Waals surface area contributed by atoms with Gasteiger partial charge in [-0.2, -0.15) is 0 Å². The predicted octanol–water partition coefficient (Wildman–Crippen LogP) is -0.712. The summed E-state index contributed by atoms with van der Waals surface area (Å²) < 4.78 is 0. The summed E-state index contributed by atoms with van der Waals surface area (Å²) in [5.41, 5.74) is 3.64. The second kappa shape index (κ2) is 2.95. The molecule has 1 aromatic rings. The highest BCUT2D eigenvalue weighted by atomic mass is 16.2. The van der Waals surface area contributed by atoms with E-state index in [1.165, 1.54) is 0 Å². The van der Waals surface area contributed by atoms with Crippen LogP contribution in [0.5, 0.6) is 0 Å². The minimum atomic E-state index is -0.174. The standard InChI is InChI=1S/C11H9N3O/c15-11-10(14-7-3-6-12-14)8-4-1-2-5-9(8)13-11/h1-6,12H,7H2. The van der Waals surface area contributed by atoms with Crippen LogP contribution in [0.3, 0.4) is 0 Å². The molecule has 0 saturated carbocycles. The quantitative estimate of drug-likeness (QED) is 0.649. The highest BCUT2D eigenvalue weighted by molar-refractivity contribution is 6.14. The van der Waals surface area contributed by atoms with Crippen LogP contribution in [-0.4, -0.2) is 17.5 Å². The highest BCUT2D eigenvalue weighted by Gasteiger charge is 2.22. The van der Waals surface area contributed by atoms with E-state index < -0.39 is 0 Å². The Balaban J connectivity index is 2.23. The number of hydrogen-bond acceptors (Lipinski definition) is 3. The van der Waals surface area contributed by atoms with Gasteiger partial charge in [0, 0.05) is 11.4 Å². The molecule has 0 atom stereocenters. The number of rotatable bonds is 1. The Morgan fingerprint density at radius 2 is 2.20 bits per heavy atom. The van der Waals surface area contributed by atoms with E-state index in [0.717, 1.165) is 10.6 Å². The first-order valence-electron chi connectivity index (χ1n) is 4.77. The summed E-state index contributed by atoms with van der Waals surface area (Å²) in [4.78, 5) is 15.7. The summed E-state index contributed by atoms with van der Waals surface area (Å²) in [5, 5.41) is 3.46. The van der Waals surface area contributed by atoms with E-state index in [0.29, 0.717) is 12.2 Å². The second-order valence-corrected chi connectivity index (χ2v) is 3.42. The number of nitrogens with zero attached hydrogens (tertiary/aromatic N) is 2. The van der Waals surface area contributed by atoms with Crippen molar-refractivity contribution in [2.75, 3.05) is 6.54 Å². The van der Waals surface area contributed by atoms with Crippen LogP contribution < -0.4 is 16.0 Å². The number of nitrogens with one attached hydrogen (secondary N) is 1. The van der Waals surface area contributed by atoms with Crippen molar-refractivity contribution in [2.24, 2.45) is 4.99 Å². The molecule has 0 aromatic heterocycles. The van der Waals surface area contributed by atoms with Crippen LogP contribution in [0.15, 0.2) is 41.5 Å². The van der Waals surface area contributed by atoms with Crippen LogP contribution in [-0.2, 0) is 4.79 Å². The fraction of sp³-hybridized carbons (Fsp3) is 0.0909. The zero-order valence-electron chi connectivity index (χ0n) is 7.97. The second-order valence-electron chi connectivity index (χ2n) is 3.42. The maximum atomic E-state index is 11.7. The molecule has 15 heavy (non-hydrogen) atoms. The first-order chi connectivity index (χ1) is 7.36. The van der Waals surface area contributed by atoms with E-state index in [9.17, 15) is 4.79 Å². The first-order valence-corrected chi connectivity index (χ1v) is 4.77. The molecule has 0 aliphatic carbocycles. The number of amides is 1. The van der Waals surface area contributed by atoms with E-state index in [2.05, 4.69) is 10.4 Å². The van der Waals surface area contributed by atoms with Crippen LogP contribution >= 0.6 is 0 Å². The van der Waals surface area contributed by atoms with Crippen molar-refractivity contribution in [1.82, 2.24) is 10.4 Å². The molecule has 2 aliphatic rings. The number of para-hydroxylation sites is 1. The molecular weight excluding hydrogens is 190 g/mol. The smallest absolute Gasteiger partial charge is 0.296 e. The Morgan fingerprint density at radius 3 is 3.00 bits per heavy atom. The SMILES string of the molecule is O=C1N=c2ccccc2=C1N1CC=CN1. The zero-order valence-corrected chi connectivity index (χ0v) is 7.97. The Kier molecular flexibility index (Phi) is 1.62. The monoisotopic (exact) mass is 199 g/mol. The van der Waals surface area contributed by atoms with Crippen molar-refractivity contribution in [2.45, 2.75) is 0 Å². The average molecular weight is 199 g/mol. The minimum Gasteiger partial charge on any atom is -0.305 e. The van der Waals surface area contributed by atoms with Gasteiger partial charge in [0.2, 0.25) is 0 Å². The molecule has 0 fully saturated rings. The molecule has 74 valence electrons. The molecule has 0 saturated heterocycles. The average Bonchev–Trinajstić information content (AvgIpc) is 2.82. The summed E-state index contributed by atoms with van der Waals surface area (Å²) >= 11 is 0. The van der Waals surface area contributed by atoms with Crippen LogP contribution in [0.4, 0.5) is 0 Å². The molecule has 1 N–H and O–H groups in total. The largest absolute Gasteiger partial charge is 0.305 e. The Bertz CT molecular complexity index is 566. The molecule has 0 spiro atoms. The molecule has 1 amide bonds. The van der Waals surface area contributed by atoms with E-state index in [1.54, 1.807) is 5.01 Å². The van der Waals surface area contributed by atoms with Gasteiger partial charge in [0.25, 0.3) is 5.91 Å². The molecule has 1 aromatic carbocycles. The fourth-order valence-corrected chi connectivity index (χ4v) is 1.82. The summed E-state index contributed by atoms with van der Waals surface area (Å²) in [6, 6.07) is 7.56. The van der Waals surface area contributed by atoms with Crippen molar-refractivity contribution >= 4 is 11.6 Å². The number of benzene rings is 1. The first kappa shape index (κ1) is 8.23. The molecule has 3 rings (SSSR count). The van der Waals surface area contributed by atoms with Crippen molar-refractivity contribution in [1.29, 1.82) is 0 Å². The molecule has 2 heterocycles. The lowest BCUT2D eigenvalue weighted by atomic mass is 10.2. The Hall–Kier alpha value is -2.10. The maximum Gasteiger partial charge on any atom is 0.296 e. The number of carbonyl (C=O) groups is 1. The van der Waals surface area contributed by atoms with Gasteiger partial charge in [0.15, 0.2) is 0 Å². The fourth-order valence-electron chi connectivity index (χ4n) is 1.82. The number of fused-ring (bicyclic) bond motifs is 1. The van der Waals surface area contributed by atoms with E-state index in [-0.39, 0.29) is 5.91 Å². The normalized spacial score (nSPS) is 17.7. The van der Waals surface area contributed by atoms with E-state index in [4.69, 9.17) is 0 Å². The maximum absolute atomic E-state index is 11.7. The molecule has 0 radical (unpaired) electrons. The minimum absolute atomic E-state index is 0.174. The Labute approximate surface area is 86.2 Å². The molecule has 0 unspecified atom stereocenters. The van der Waals surface area contributed by atoms with Gasteiger partial charge in [-0.1, -0.05) is 18.2 Å². The van der Waals surface area contributed by atoms with Gasteiger partial charge in [0.05, 0.1) is 11.9 Å². The van der Waals surface area contributed by atoms with Crippen LogP contribution in [0, 0.1) is 0 Å². The highest BCUT2D eigenvalue weighted by Crippen LogP contribution is 2.08. The van der Waals surface area contributed by atoms with Crippen molar-refractivity contribution in [3.63, 3.8) is 0 Å². The van der Waals surface area contributed by atoms with Gasteiger partial charge < -0.3 is 5.43 Å². The van der Waals surface area contributed by atoms with Crippen LogP contribution in [0.25, 0.3) is 5.70 Å². The zero-order chi connectivity index (χ0) is 10.3. The molecular formula is C11H9N3O. The third-order valence-electron chi connectivity index (χ3n) is 2.49. The van der Waals surface area contributed by atoms with Crippen molar-refractivity contribution < 1.29 is 4.79 Å². The number of carbonyl (C=O) groups excluding carboxylic acids is 1. The lowest BCUT2D eigenvalue weighted by Gasteiger charge is -2.17. The van der Waals surface area contributed by atoms with Gasteiger partial charge in [-0.15, -0.1) is 0 Å². The predicted molar refractivity (Wildman–Crippen MR) is 54.6 cm³/mol. The van der Waals surface area contributed by atoms with Crippen LogP contribution in [0.1, 0.15) is 0 Å². The third-order valence-corrected chi connectivity index (χ3v) is 2.49. The van der Waals surface area contributed by atoms with Crippen molar-refractivity contribution in [3.05, 3.63) is 47.1 Å². The summed E-state index contributed by atoms with van der Waals surface area (Å²) in [7, 11) is 0. The van der Waals surface area contributed by atoms with Crippen LogP contribution in [0.2, 0.25) is 0 Å². The number of hydrazine groups is 1. The topological polar surface area (TPSA) is 44.7 Å². The molecule has 0 bridgehead atoms. The van der Waals surface area contributed by atoms with Gasteiger partial charge >= 0.3 is 0 Å². The molecule has 4 nitrogen and oxygen atoms in total. The lowest BCUT2D eigenvalue weighted by Crippen LogP contribution is -2.36. The molecule has 2 aliphatic heterocycles.